The van der Waals surface area contributed by atoms with E-state index in [1.807, 2.05) is 6.92 Å². The summed E-state index contributed by atoms with van der Waals surface area (Å²) in [5.41, 5.74) is 2.74. The molecule has 1 aliphatic carbocycles. The van der Waals surface area contributed by atoms with Crippen LogP contribution in [0.5, 0.6) is 11.5 Å². The van der Waals surface area contributed by atoms with Crippen molar-refractivity contribution in [3.8, 4) is 11.5 Å². The molecule has 0 aliphatic heterocycles. The van der Waals surface area contributed by atoms with Crippen molar-refractivity contribution in [2.24, 2.45) is 0 Å². The second-order valence-electron chi connectivity index (χ2n) is 6.55. The number of ether oxygens (including phenoxy) is 2. The quantitative estimate of drug-likeness (QED) is 0.518. The summed E-state index contributed by atoms with van der Waals surface area (Å²) < 4.78 is 34.9. The lowest BCUT2D eigenvalue weighted by Crippen LogP contribution is -2.25. The van der Waals surface area contributed by atoms with E-state index in [1.54, 1.807) is 24.3 Å². The summed E-state index contributed by atoms with van der Waals surface area (Å²) in [6.07, 6.45) is 2.60. The molecule has 0 fully saturated rings. The number of non-ortho nitro benzene ring substituents is 1. The Morgan fingerprint density at radius 3 is 2.82 bits per heavy atom. The molecule has 2 aromatic carbocycles. The van der Waals surface area contributed by atoms with Gasteiger partial charge in [0, 0.05) is 30.3 Å². The molecule has 1 N–H and O–H groups in total. The molecule has 6 nitrogen and oxygen atoms in total. The van der Waals surface area contributed by atoms with Gasteiger partial charge in [-0.15, -0.1) is 0 Å². The van der Waals surface area contributed by atoms with Crippen LogP contribution in [0.15, 0.2) is 36.4 Å². The highest BCUT2D eigenvalue weighted by molar-refractivity contribution is 5.44. The van der Waals surface area contributed by atoms with Crippen molar-refractivity contribution in [1.29, 1.82) is 0 Å². The van der Waals surface area contributed by atoms with Crippen LogP contribution in [-0.4, -0.2) is 18.1 Å². The zero-order valence-electron chi connectivity index (χ0n) is 15.5. The van der Waals surface area contributed by atoms with Crippen LogP contribution in [0.3, 0.4) is 0 Å². The maximum Gasteiger partial charge on any atom is 0.387 e. The highest BCUT2D eigenvalue weighted by Gasteiger charge is 2.22. The highest BCUT2D eigenvalue weighted by atomic mass is 19.3. The summed E-state index contributed by atoms with van der Waals surface area (Å²) in [7, 11) is 0. The Morgan fingerprint density at radius 1 is 1.29 bits per heavy atom. The molecule has 28 heavy (non-hydrogen) atoms. The Morgan fingerprint density at radius 2 is 2.11 bits per heavy atom. The molecule has 0 amide bonds. The number of aryl methyl sites for hydroxylation is 1. The molecule has 8 heteroatoms. The third-order valence-electron chi connectivity index (χ3n) is 4.75. The zero-order valence-corrected chi connectivity index (χ0v) is 15.5. The van der Waals surface area contributed by atoms with Gasteiger partial charge in [-0.25, -0.2) is 0 Å². The number of hydrogen-bond donors (Lipinski definition) is 1. The van der Waals surface area contributed by atoms with E-state index in [4.69, 9.17) is 4.74 Å². The second kappa shape index (κ2) is 8.97. The molecule has 0 heterocycles. The number of fused-ring (bicyclic) bond motifs is 1. The van der Waals surface area contributed by atoms with Gasteiger partial charge < -0.3 is 14.8 Å². The monoisotopic (exact) mass is 392 g/mol. The maximum absolute atomic E-state index is 12.4. The minimum absolute atomic E-state index is 0.0121. The molecule has 0 spiro atoms. The number of nitrogens with one attached hydrogen (secondary N) is 1. The van der Waals surface area contributed by atoms with Gasteiger partial charge in [-0.1, -0.05) is 6.07 Å². The number of halogens is 2. The summed E-state index contributed by atoms with van der Waals surface area (Å²) in [6, 6.07) is 9.59. The molecule has 150 valence electrons. The maximum atomic E-state index is 12.4. The first-order valence-corrected chi connectivity index (χ1v) is 9.19. The Labute approximate surface area is 161 Å². The Bertz CT molecular complexity index is 845. The molecule has 2 aromatic rings. The van der Waals surface area contributed by atoms with Gasteiger partial charge in [-0.2, -0.15) is 8.78 Å². The molecule has 0 saturated heterocycles. The van der Waals surface area contributed by atoms with Gasteiger partial charge in [0.25, 0.3) is 5.69 Å². The van der Waals surface area contributed by atoms with Crippen LogP contribution in [0.2, 0.25) is 0 Å². The number of rotatable bonds is 8. The molecule has 0 bridgehead atoms. The smallest absolute Gasteiger partial charge is 0.387 e. The van der Waals surface area contributed by atoms with E-state index < -0.39 is 11.5 Å². The van der Waals surface area contributed by atoms with Gasteiger partial charge in [0.2, 0.25) is 0 Å². The summed E-state index contributed by atoms with van der Waals surface area (Å²) in [6.45, 7) is -0.128. The first kappa shape index (κ1) is 20.0. The normalized spacial score (nSPS) is 15.9. The predicted octanol–water partition coefficient (Wildman–Crippen LogP) is 4.76. The number of nitro groups is 1. The minimum Gasteiger partial charge on any atom is -0.494 e. The fraction of sp³-hybridized carbons (Fsp3) is 0.400. The fourth-order valence-electron chi connectivity index (χ4n) is 3.53. The van der Waals surface area contributed by atoms with Crippen LogP contribution in [0.25, 0.3) is 0 Å². The lowest BCUT2D eigenvalue weighted by Gasteiger charge is -2.27. The highest BCUT2D eigenvalue weighted by Crippen LogP contribution is 2.33. The molecular formula is C20H22F2N2O4. The fourth-order valence-corrected chi connectivity index (χ4v) is 3.53. The summed E-state index contributed by atoms with van der Waals surface area (Å²) >= 11 is 0. The zero-order chi connectivity index (χ0) is 20.1. The third kappa shape index (κ3) is 4.75. The topological polar surface area (TPSA) is 73.6 Å². The summed E-state index contributed by atoms with van der Waals surface area (Å²) in [4.78, 5) is 10.6. The van der Waals surface area contributed by atoms with Gasteiger partial charge in [0.05, 0.1) is 11.5 Å². The van der Waals surface area contributed by atoms with Crippen LogP contribution in [0, 0.1) is 10.1 Å². The van der Waals surface area contributed by atoms with Crippen LogP contribution < -0.4 is 14.8 Å². The van der Waals surface area contributed by atoms with Crippen LogP contribution >= 0.6 is 0 Å². The third-order valence-corrected chi connectivity index (χ3v) is 4.75. The van der Waals surface area contributed by atoms with Gasteiger partial charge in [0.1, 0.15) is 11.5 Å². The predicted molar refractivity (Wildman–Crippen MR) is 99.9 cm³/mol. The lowest BCUT2D eigenvalue weighted by molar-refractivity contribution is -0.384. The SMILES string of the molecule is CCOc1ccc([N+](=O)[O-])cc1CNC1CCCc2cc(OC(F)F)ccc21. The number of nitro benzene ring substituents is 1. The lowest BCUT2D eigenvalue weighted by atomic mass is 9.87. The number of nitrogens with zero attached hydrogens (tertiary/aromatic N) is 1. The Balaban J connectivity index is 1.77. The van der Waals surface area contributed by atoms with E-state index in [1.165, 1.54) is 12.1 Å². The van der Waals surface area contributed by atoms with E-state index in [0.717, 1.165) is 30.4 Å². The molecule has 3 rings (SSSR count). The Hall–Kier alpha value is -2.74. The second-order valence-corrected chi connectivity index (χ2v) is 6.55. The van der Waals surface area contributed by atoms with E-state index in [9.17, 15) is 18.9 Å². The van der Waals surface area contributed by atoms with Crippen LogP contribution in [-0.2, 0) is 13.0 Å². The number of hydrogen-bond acceptors (Lipinski definition) is 5. The molecule has 0 radical (unpaired) electrons. The van der Waals surface area contributed by atoms with E-state index in [0.29, 0.717) is 24.5 Å². The van der Waals surface area contributed by atoms with Crippen molar-refractivity contribution in [2.75, 3.05) is 6.61 Å². The van der Waals surface area contributed by atoms with Crippen LogP contribution in [0.4, 0.5) is 14.5 Å². The largest absolute Gasteiger partial charge is 0.494 e. The molecule has 1 unspecified atom stereocenters. The van der Waals surface area contributed by atoms with E-state index >= 15 is 0 Å². The average Bonchev–Trinajstić information content (AvgIpc) is 2.66. The van der Waals surface area contributed by atoms with Crippen molar-refractivity contribution in [3.05, 3.63) is 63.2 Å². The number of alkyl halides is 2. The van der Waals surface area contributed by atoms with E-state index in [-0.39, 0.29) is 17.5 Å². The molecule has 0 saturated carbocycles. The van der Waals surface area contributed by atoms with Crippen molar-refractivity contribution in [3.63, 3.8) is 0 Å². The van der Waals surface area contributed by atoms with Crippen molar-refractivity contribution >= 4 is 5.69 Å². The molecule has 1 aliphatic rings. The summed E-state index contributed by atoms with van der Waals surface area (Å²) in [5.74, 6) is 0.768. The van der Waals surface area contributed by atoms with Gasteiger partial charge >= 0.3 is 6.61 Å². The van der Waals surface area contributed by atoms with Gasteiger partial charge in [0.15, 0.2) is 0 Å². The average molecular weight is 392 g/mol. The standard InChI is InChI=1S/C20H22F2N2O4/c1-2-27-19-9-6-15(24(25)26)10-14(19)12-23-18-5-3-4-13-11-16(28-20(21)22)7-8-17(13)18/h6-11,18,20,23H,2-5,12H2,1H3. The van der Waals surface area contributed by atoms with E-state index in [2.05, 4.69) is 10.1 Å². The van der Waals surface area contributed by atoms with Gasteiger partial charge in [-0.3, -0.25) is 10.1 Å². The first-order valence-electron chi connectivity index (χ1n) is 9.19. The van der Waals surface area contributed by atoms with Crippen molar-refractivity contribution in [2.45, 2.75) is 45.4 Å². The Kier molecular flexibility index (Phi) is 6.41. The number of benzene rings is 2. The molecule has 0 aromatic heterocycles. The van der Waals surface area contributed by atoms with Crippen LogP contribution in [0.1, 0.15) is 42.5 Å². The molecule has 1 atom stereocenters. The van der Waals surface area contributed by atoms with Crippen molar-refractivity contribution < 1.29 is 23.2 Å². The summed E-state index contributed by atoms with van der Waals surface area (Å²) in [5, 5.41) is 14.5. The minimum atomic E-state index is -2.85. The van der Waals surface area contributed by atoms with Crippen molar-refractivity contribution in [1.82, 2.24) is 5.32 Å². The van der Waals surface area contributed by atoms with Gasteiger partial charge in [-0.05, 0) is 55.5 Å². The molecular weight excluding hydrogens is 370 g/mol. The first-order chi connectivity index (χ1) is 13.5.